The van der Waals surface area contributed by atoms with Crippen molar-refractivity contribution in [3.05, 3.63) is 28.4 Å². The summed E-state index contributed by atoms with van der Waals surface area (Å²) in [5, 5.41) is 3.15. The van der Waals surface area contributed by atoms with E-state index in [0.29, 0.717) is 17.9 Å². The standard InChI is InChI=1S/C11H10BrF2N3/c1-2-16-11-6(15)4-17-7-3-5(13)9(12)10(14)8(7)11/h3-4H,2,15H2,1H3,(H,16,17). The third-order valence-electron chi connectivity index (χ3n) is 2.38. The molecule has 0 radical (unpaired) electrons. The lowest BCUT2D eigenvalue weighted by Crippen LogP contribution is -2.04. The Morgan fingerprint density at radius 1 is 1.47 bits per heavy atom. The number of hydrogen-bond acceptors (Lipinski definition) is 3. The molecule has 0 bridgehead atoms. The second-order valence-corrected chi connectivity index (χ2v) is 4.29. The molecular weight excluding hydrogens is 292 g/mol. The van der Waals surface area contributed by atoms with E-state index < -0.39 is 11.6 Å². The lowest BCUT2D eigenvalue weighted by atomic mass is 10.1. The van der Waals surface area contributed by atoms with Crippen LogP contribution in [0.15, 0.2) is 16.7 Å². The molecule has 3 N–H and O–H groups in total. The molecule has 1 heterocycles. The van der Waals surface area contributed by atoms with Crippen LogP contribution in [0.1, 0.15) is 6.92 Å². The van der Waals surface area contributed by atoms with Crippen molar-refractivity contribution in [3.63, 3.8) is 0 Å². The fourth-order valence-corrected chi connectivity index (χ4v) is 1.95. The maximum atomic E-state index is 14.0. The predicted octanol–water partition coefficient (Wildman–Crippen LogP) is 3.29. The van der Waals surface area contributed by atoms with Crippen molar-refractivity contribution in [2.75, 3.05) is 17.6 Å². The monoisotopic (exact) mass is 301 g/mol. The lowest BCUT2D eigenvalue weighted by molar-refractivity contribution is 0.580. The minimum atomic E-state index is -0.698. The molecule has 0 aliphatic rings. The Morgan fingerprint density at radius 3 is 2.82 bits per heavy atom. The summed E-state index contributed by atoms with van der Waals surface area (Å²) < 4.78 is 27.1. The van der Waals surface area contributed by atoms with Crippen LogP contribution >= 0.6 is 15.9 Å². The number of nitrogens with zero attached hydrogens (tertiary/aromatic N) is 1. The van der Waals surface area contributed by atoms with Gasteiger partial charge in [-0.3, -0.25) is 4.98 Å². The second-order valence-electron chi connectivity index (χ2n) is 3.50. The Balaban J connectivity index is 2.87. The van der Waals surface area contributed by atoms with E-state index in [1.807, 2.05) is 6.92 Å². The van der Waals surface area contributed by atoms with Crippen molar-refractivity contribution in [1.29, 1.82) is 0 Å². The highest BCUT2D eigenvalue weighted by atomic mass is 79.9. The van der Waals surface area contributed by atoms with Gasteiger partial charge in [-0.25, -0.2) is 8.78 Å². The van der Waals surface area contributed by atoms with Gasteiger partial charge >= 0.3 is 0 Å². The summed E-state index contributed by atoms with van der Waals surface area (Å²) in [7, 11) is 0. The fourth-order valence-electron chi connectivity index (χ4n) is 1.64. The van der Waals surface area contributed by atoms with Gasteiger partial charge in [0.25, 0.3) is 0 Å². The minimum Gasteiger partial charge on any atom is -0.396 e. The molecule has 0 amide bonds. The van der Waals surface area contributed by atoms with Crippen LogP contribution < -0.4 is 11.1 Å². The largest absolute Gasteiger partial charge is 0.396 e. The maximum absolute atomic E-state index is 14.0. The highest BCUT2D eigenvalue weighted by Crippen LogP contribution is 2.34. The fraction of sp³-hybridized carbons (Fsp3) is 0.182. The molecular formula is C11H10BrF2N3. The van der Waals surface area contributed by atoms with E-state index in [4.69, 9.17) is 5.73 Å². The average molecular weight is 302 g/mol. The van der Waals surface area contributed by atoms with Gasteiger partial charge in [0.05, 0.1) is 32.9 Å². The third kappa shape index (κ3) is 1.93. The van der Waals surface area contributed by atoms with Gasteiger partial charge in [0.2, 0.25) is 0 Å². The van der Waals surface area contributed by atoms with Crippen molar-refractivity contribution in [2.24, 2.45) is 0 Å². The minimum absolute atomic E-state index is 0.195. The number of anilines is 2. The number of pyridine rings is 1. The van der Waals surface area contributed by atoms with Crippen LogP contribution in [0.25, 0.3) is 10.9 Å². The number of rotatable bonds is 2. The van der Waals surface area contributed by atoms with Crippen molar-refractivity contribution < 1.29 is 8.78 Å². The van der Waals surface area contributed by atoms with Crippen molar-refractivity contribution in [2.45, 2.75) is 6.92 Å². The Kier molecular flexibility index (Phi) is 3.15. The van der Waals surface area contributed by atoms with E-state index in [0.717, 1.165) is 0 Å². The zero-order valence-corrected chi connectivity index (χ0v) is 10.6. The third-order valence-corrected chi connectivity index (χ3v) is 3.10. The molecule has 0 atom stereocenters. The highest BCUT2D eigenvalue weighted by Gasteiger charge is 2.16. The van der Waals surface area contributed by atoms with Gasteiger partial charge in [-0.05, 0) is 22.9 Å². The SMILES string of the molecule is CCNc1c(N)cnc2cc(F)c(Br)c(F)c12. The zero-order valence-electron chi connectivity index (χ0n) is 9.02. The van der Waals surface area contributed by atoms with E-state index >= 15 is 0 Å². The first-order valence-corrected chi connectivity index (χ1v) is 5.81. The number of benzene rings is 1. The van der Waals surface area contributed by atoms with E-state index in [-0.39, 0.29) is 15.4 Å². The normalized spacial score (nSPS) is 10.8. The van der Waals surface area contributed by atoms with E-state index in [1.165, 1.54) is 12.3 Å². The molecule has 1 aromatic carbocycles. The molecule has 0 aliphatic carbocycles. The van der Waals surface area contributed by atoms with E-state index in [1.54, 1.807) is 0 Å². The molecule has 1 aromatic heterocycles. The second kappa shape index (κ2) is 4.44. The van der Waals surface area contributed by atoms with Crippen LogP contribution in [-0.2, 0) is 0 Å². The van der Waals surface area contributed by atoms with Crippen molar-refractivity contribution in [3.8, 4) is 0 Å². The molecule has 0 saturated heterocycles. The molecule has 6 heteroatoms. The number of fused-ring (bicyclic) bond motifs is 1. The van der Waals surface area contributed by atoms with Crippen LogP contribution in [0.4, 0.5) is 20.2 Å². The summed E-state index contributed by atoms with van der Waals surface area (Å²) in [4.78, 5) is 3.92. The van der Waals surface area contributed by atoms with Crippen LogP contribution in [0.5, 0.6) is 0 Å². The van der Waals surface area contributed by atoms with Gasteiger partial charge in [-0.15, -0.1) is 0 Å². The number of nitrogen functional groups attached to an aromatic ring is 1. The van der Waals surface area contributed by atoms with Gasteiger partial charge < -0.3 is 11.1 Å². The molecule has 3 nitrogen and oxygen atoms in total. The summed E-state index contributed by atoms with van der Waals surface area (Å²) in [5.41, 5.74) is 6.73. The molecule has 0 spiro atoms. The zero-order chi connectivity index (χ0) is 12.6. The van der Waals surface area contributed by atoms with Crippen molar-refractivity contribution in [1.82, 2.24) is 4.98 Å². The van der Waals surface area contributed by atoms with Gasteiger partial charge in [-0.2, -0.15) is 0 Å². The van der Waals surface area contributed by atoms with Crippen LogP contribution in [0, 0.1) is 11.6 Å². The number of hydrogen-bond donors (Lipinski definition) is 2. The molecule has 0 fully saturated rings. The number of aromatic nitrogens is 1. The van der Waals surface area contributed by atoms with Gasteiger partial charge in [0.1, 0.15) is 5.82 Å². The number of nitrogens with one attached hydrogen (secondary N) is 1. The first kappa shape index (κ1) is 12.0. The maximum Gasteiger partial charge on any atom is 0.151 e. The summed E-state index contributed by atoms with van der Waals surface area (Å²) >= 11 is 2.86. The molecule has 2 rings (SSSR count). The Bertz CT molecular complexity index is 587. The topological polar surface area (TPSA) is 50.9 Å². The Morgan fingerprint density at radius 2 is 2.18 bits per heavy atom. The molecule has 0 saturated carbocycles. The first-order valence-electron chi connectivity index (χ1n) is 5.01. The lowest BCUT2D eigenvalue weighted by Gasteiger charge is -2.12. The summed E-state index contributed by atoms with van der Waals surface area (Å²) in [5.74, 6) is -1.38. The van der Waals surface area contributed by atoms with Gasteiger partial charge in [-0.1, -0.05) is 0 Å². The molecule has 0 unspecified atom stereocenters. The quantitative estimate of drug-likeness (QED) is 0.837. The smallest absolute Gasteiger partial charge is 0.151 e. The summed E-state index contributed by atoms with van der Waals surface area (Å²) in [6.45, 7) is 2.44. The highest BCUT2D eigenvalue weighted by molar-refractivity contribution is 9.10. The van der Waals surface area contributed by atoms with Crippen LogP contribution in [0.3, 0.4) is 0 Å². The summed E-state index contributed by atoms with van der Waals surface area (Å²) in [6.07, 6.45) is 1.38. The molecule has 17 heavy (non-hydrogen) atoms. The molecule has 90 valence electrons. The van der Waals surface area contributed by atoms with E-state index in [9.17, 15) is 8.78 Å². The van der Waals surface area contributed by atoms with Gasteiger partial charge in [0, 0.05) is 12.6 Å². The molecule has 2 aromatic rings. The molecule has 0 aliphatic heterocycles. The van der Waals surface area contributed by atoms with E-state index in [2.05, 4.69) is 26.2 Å². The number of nitrogens with two attached hydrogens (primary N) is 1. The summed E-state index contributed by atoms with van der Waals surface area (Å²) in [6, 6.07) is 1.17. The Hall–Kier alpha value is -1.43. The first-order chi connectivity index (χ1) is 8.06. The number of halogens is 3. The van der Waals surface area contributed by atoms with Crippen LogP contribution in [-0.4, -0.2) is 11.5 Å². The van der Waals surface area contributed by atoms with Gasteiger partial charge in [0.15, 0.2) is 5.82 Å². The van der Waals surface area contributed by atoms with Crippen molar-refractivity contribution >= 4 is 38.2 Å². The predicted molar refractivity (Wildman–Crippen MR) is 67.9 cm³/mol. The van der Waals surface area contributed by atoms with Crippen LogP contribution in [0.2, 0.25) is 0 Å². The Labute approximate surface area is 105 Å². The average Bonchev–Trinajstić information content (AvgIpc) is 2.30.